The molecule has 1 aromatic rings. The summed E-state index contributed by atoms with van der Waals surface area (Å²) < 4.78 is 13.5. The fourth-order valence-electron chi connectivity index (χ4n) is 1.31. The first-order valence-corrected chi connectivity index (χ1v) is 5.84. The van der Waals surface area contributed by atoms with Gasteiger partial charge in [0, 0.05) is 18.1 Å². The van der Waals surface area contributed by atoms with E-state index in [9.17, 15) is 19.6 Å². The standard InChI is InChI=1S/C10H11FINO3/c1-2-7(14)3-6-4-8(11)9(12)5-10(6)13(15)16/h4-5,7,14H,2-3H2,1H3. The molecule has 1 N–H and O–H groups in total. The molecular weight excluding hydrogens is 328 g/mol. The van der Waals surface area contributed by atoms with Gasteiger partial charge in [0.25, 0.3) is 5.69 Å². The summed E-state index contributed by atoms with van der Waals surface area (Å²) >= 11 is 1.70. The molecule has 0 aliphatic heterocycles. The van der Waals surface area contributed by atoms with Gasteiger partial charge in [-0.05, 0) is 35.1 Å². The van der Waals surface area contributed by atoms with Gasteiger partial charge in [-0.1, -0.05) is 6.92 Å². The predicted octanol–water partition coefficient (Wildman–Crippen LogP) is 2.65. The molecule has 16 heavy (non-hydrogen) atoms. The van der Waals surface area contributed by atoms with Gasteiger partial charge in [0.1, 0.15) is 5.82 Å². The van der Waals surface area contributed by atoms with Crippen LogP contribution < -0.4 is 0 Å². The first-order chi connectivity index (χ1) is 7.45. The number of nitro benzene ring substituents is 1. The van der Waals surface area contributed by atoms with E-state index in [0.717, 1.165) is 6.07 Å². The van der Waals surface area contributed by atoms with Crippen LogP contribution in [0.5, 0.6) is 0 Å². The molecule has 0 aliphatic rings. The van der Waals surface area contributed by atoms with E-state index in [0.29, 0.717) is 6.42 Å². The highest BCUT2D eigenvalue weighted by atomic mass is 127. The van der Waals surface area contributed by atoms with Crippen LogP contribution in [0.4, 0.5) is 10.1 Å². The maximum absolute atomic E-state index is 13.3. The molecule has 1 unspecified atom stereocenters. The Balaban J connectivity index is 3.14. The molecule has 0 amide bonds. The van der Waals surface area contributed by atoms with Crippen LogP contribution in [0.2, 0.25) is 0 Å². The zero-order chi connectivity index (χ0) is 12.3. The van der Waals surface area contributed by atoms with E-state index < -0.39 is 16.8 Å². The molecule has 4 nitrogen and oxygen atoms in total. The van der Waals surface area contributed by atoms with E-state index in [2.05, 4.69) is 0 Å². The number of hydrogen-bond donors (Lipinski definition) is 1. The van der Waals surface area contributed by atoms with E-state index in [-0.39, 0.29) is 21.2 Å². The Morgan fingerprint density at radius 3 is 2.75 bits per heavy atom. The Morgan fingerprint density at radius 1 is 1.62 bits per heavy atom. The summed E-state index contributed by atoms with van der Waals surface area (Å²) in [5, 5.41) is 20.2. The van der Waals surface area contributed by atoms with Crippen molar-refractivity contribution in [3.8, 4) is 0 Å². The minimum Gasteiger partial charge on any atom is -0.393 e. The van der Waals surface area contributed by atoms with Crippen molar-refractivity contribution in [2.75, 3.05) is 0 Å². The van der Waals surface area contributed by atoms with Crippen LogP contribution >= 0.6 is 22.6 Å². The lowest BCUT2D eigenvalue weighted by molar-refractivity contribution is -0.385. The van der Waals surface area contributed by atoms with Gasteiger partial charge in [-0.3, -0.25) is 10.1 Å². The van der Waals surface area contributed by atoms with E-state index in [4.69, 9.17) is 0 Å². The Bertz CT molecular complexity index is 411. The van der Waals surface area contributed by atoms with Gasteiger partial charge in [0.15, 0.2) is 0 Å². The lowest BCUT2D eigenvalue weighted by Crippen LogP contribution is -2.10. The summed E-state index contributed by atoms with van der Waals surface area (Å²) in [7, 11) is 0. The third-order valence-electron chi connectivity index (χ3n) is 2.25. The van der Waals surface area contributed by atoms with E-state index in [1.54, 1.807) is 29.5 Å². The van der Waals surface area contributed by atoms with Gasteiger partial charge >= 0.3 is 0 Å². The van der Waals surface area contributed by atoms with Crippen molar-refractivity contribution in [3.63, 3.8) is 0 Å². The SMILES string of the molecule is CCC(O)Cc1cc(F)c(I)cc1[N+](=O)[O-]. The number of benzene rings is 1. The summed E-state index contributed by atoms with van der Waals surface area (Å²) in [6.45, 7) is 1.76. The van der Waals surface area contributed by atoms with Gasteiger partial charge in [0.2, 0.25) is 0 Å². The molecule has 0 saturated carbocycles. The molecule has 0 aliphatic carbocycles. The fourth-order valence-corrected chi connectivity index (χ4v) is 1.76. The summed E-state index contributed by atoms with van der Waals surface area (Å²) in [4.78, 5) is 10.2. The minimum absolute atomic E-state index is 0.0979. The molecule has 0 bridgehead atoms. The molecule has 1 atom stereocenters. The van der Waals surface area contributed by atoms with E-state index >= 15 is 0 Å². The minimum atomic E-state index is -0.682. The summed E-state index contributed by atoms with van der Waals surface area (Å²) in [6.07, 6.45) is -0.107. The molecule has 6 heteroatoms. The number of nitro groups is 1. The molecule has 0 aromatic heterocycles. The lowest BCUT2D eigenvalue weighted by atomic mass is 10.0. The first-order valence-electron chi connectivity index (χ1n) is 4.76. The van der Waals surface area contributed by atoms with Crippen molar-refractivity contribution in [2.24, 2.45) is 0 Å². The van der Waals surface area contributed by atoms with Gasteiger partial charge in [-0.15, -0.1) is 0 Å². The van der Waals surface area contributed by atoms with Crippen molar-refractivity contribution in [1.29, 1.82) is 0 Å². The average molecular weight is 339 g/mol. The van der Waals surface area contributed by atoms with Crippen molar-refractivity contribution >= 4 is 28.3 Å². The molecule has 0 radical (unpaired) electrons. The molecule has 88 valence electrons. The summed E-state index contributed by atoms with van der Waals surface area (Å²) in [5.41, 5.74) is 0.0931. The van der Waals surface area contributed by atoms with Crippen LogP contribution in [0.15, 0.2) is 12.1 Å². The zero-order valence-electron chi connectivity index (χ0n) is 8.61. The Labute approximate surface area is 106 Å². The lowest BCUT2D eigenvalue weighted by Gasteiger charge is -2.08. The Kier molecular flexibility index (Phi) is 4.60. The molecule has 0 fully saturated rings. The highest BCUT2D eigenvalue weighted by molar-refractivity contribution is 14.1. The quantitative estimate of drug-likeness (QED) is 0.521. The highest BCUT2D eigenvalue weighted by Gasteiger charge is 2.19. The maximum atomic E-state index is 13.3. The summed E-state index contributed by atoms with van der Waals surface area (Å²) in [6, 6.07) is 2.31. The van der Waals surface area contributed by atoms with Crippen LogP contribution in [0.3, 0.4) is 0 Å². The second-order valence-electron chi connectivity index (χ2n) is 3.42. The van der Waals surface area contributed by atoms with E-state index in [1.807, 2.05) is 0 Å². The molecule has 0 heterocycles. The molecule has 1 rings (SSSR count). The van der Waals surface area contributed by atoms with Crippen LogP contribution in [-0.2, 0) is 6.42 Å². The number of hydrogen-bond acceptors (Lipinski definition) is 3. The topological polar surface area (TPSA) is 63.4 Å². The van der Waals surface area contributed by atoms with Crippen LogP contribution in [0.1, 0.15) is 18.9 Å². The van der Waals surface area contributed by atoms with Crippen molar-refractivity contribution in [3.05, 3.63) is 37.2 Å². The summed E-state index contributed by atoms with van der Waals surface area (Å²) in [5.74, 6) is -0.496. The normalized spacial score (nSPS) is 12.5. The Hall–Kier alpha value is -0.760. The fraction of sp³-hybridized carbons (Fsp3) is 0.400. The Morgan fingerprint density at radius 2 is 2.25 bits per heavy atom. The van der Waals surface area contributed by atoms with Crippen molar-refractivity contribution in [2.45, 2.75) is 25.9 Å². The van der Waals surface area contributed by atoms with E-state index in [1.165, 1.54) is 6.07 Å². The number of aliphatic hydroxyl groups excluding tert-OH is 1. The second-order valence-corrected chi connectivity index (χ2v) is 4.58. The average Bonchev–Trinajstić information content (AvgIpc) is 2.22. The zero-order valence-corrected chi connectivity index (χ0v) is 10.8. The van der Waals surface area contributed by atoms with Crippen molar-refractivity contribution in [1.82, 2.24) is 0 Å². The maximum Gasteiger partial charge on any atom is 0.273 e. The van der Waals surface area contributed by atoms with Gasteiger partial charge < -0.3 is 5.11 Å². The number of aliphatic hydroxyl groups is 1. The smallest absolute Gasteiger partial charge is 0.273 e. The largest absolute Gasteiger partial charge is 0.393 e. The monoisotopic (exact) mass is 339 g/mol. The highest BCUT2D eigenvalue weighted by Crippen LogP contribution is 2.25. The molecule has 0 saturated heterocycles. The van der Waals surface area contributed by atoms with Crippen LogP contribution in [-0.4, -0.2) is 16.1 Å². The number of rotatable bonds is 4. The van der Waals surface area contributed by atoms with Gasteiger partial charge in [0.05, 0.1) is 14.6 Å². The predicted molar refractivity (Wildman–Crippen MR) is 65.8 cm³/mol. The van der Waals surface area contributed by atoms with Gasteiger partial charge in [-0.25, -0.2) is 4.39 Å². The van der Waals surface area contributed by atoms with Crippen molar-refractivity contribution < 1.29 is 14.4 Å². The second kappa shape index (κ2) is 5.53. The molecule has 0 spiro atoms. The van der Waals surface area contributed by atoms with Gasteiger partial charge in [-0.2, -0.15) is 0 Å². The third kappa shape index (κ3) is 3.11. The number of nitrogens with zero attached hydrogens (tertiary/aromatic N) is 1. The first kappa shape index (κ1) is 13.3. The third-order valence-corrected chi connectivity index (χ3v) is 3.07. The van der Waals surface area contributed by atoms with Crippen LogP contribution in [0.25, 0.3) is 0 Å². The molecular formula is C10H11FINO3. The molecule has 1 aromatic carbocycles. The van der Waals surface area contributed by atoms with Crippen LogP contribution in [0, 0.1) is 19.5 Å². The number of halogens is 2.